The zero-order chi connectivity index (χ0) is 36.0. The fourth-order valence-electron chi connectivity index (χ4n) is 4.62. The molecule has 1 N–H and O–H groups in total. The first-order chi connectivity index (χ1) is 23.0. The third-order valence-electron chi connectivity index (χ3n) is 8.85. The normalized spacial score (nSPS) is 13.7. The smallest absolute Gasteiger partial charge is 0.355 e. The number of aromatic nitrogens is 4. The van der Waals surface area contributed by atoms with E-state index in [1.165, 1.54) is 11.3 Å². The number of benzene rings is 1. The molecule has 11 nitrogen and oxygen atoms in total. The van der Waals surface area contributed by atoms with Crippen molar-refractivity contribution in [2.75, 3.05) is 31.8 Å². The molecule has 0 saturated carbocycles. The number of ether oxygens (including phenoxy) is 2. The molecule has 0 aliphatic carbocycles. The number of para-hydroxylation sites is 1. The van der Waals surface area contributed by atoms with Crippen LogP contribution in [0, 0.1) is 6.92 Å². The number of rotatable bonds is 17. The van der Waals surface area contributed by atoms with Crippen LogP contribution >= 0.6 is 22.7 Å². The van der Waals surface area contributed by atoms with Crippen LogP contribution in [0.1, 0.15) is 49.7 Å². The van der Waals surface area contributed by atoms with Crippen LogP contribution in [0.5, 0.6) is 0 Å². The zero-order valence-electron chi connectivity index (χ0n) is 30.6. The predicted molar refractivity (Wildman–Crippen MR) is 205 cm³/mol. The summed E-state index contributed by atoms with van der Waals surface area (Å²) < 4.78 is 21.6. The van der Waals surface area contributed by atoms with Gasteiger partial charge in [0.15, 0.2) is 35.6 Å². The van der Waals surface area contributed by atoms with E-state index in [1.807, 2.05) is 30.0 Å². The monoisotopic (exact) mass is 744 g/mol. The van der Waals surface area contributed by atoms with E-state index in [0.29, 0.717) is 43.3 Å². The van der Waals surface area contributed by atoms with Gasteiger partial charge in [0.1, 0.15) is 6.73 Å². The molecule has 0 radical (unpaired) electrons. The quantitative estimate of drug-likeness (QED) is 0.0838. The fraction of sp³-hybridized carbons (Fsp3) is 0.559. The molecular formula is C34H52N6O5S2Si2. The Morgan fingerprint density at radius 2 is 1.88 bits per heavy atom. The van der Waals surface area contributed by atoms with E-state index in [-0.39, 0.29) is 16.8 Å². The van der Waals surface area contributed by atoms with Gasteiger partial charge in [-0.1, -0.05) is 63.9 Å². The lowest BCUT2D eigenvalue weighted by Gasteiger charge is -2.37. The molecule has 0 aliphatic heterocycles. The van der Waals surface area contributed by atoms with E-state index in [4.69, 9.17) is 18.9 Å². The molecule has 1 aromatic carbocycles. The highest BCUT2D eigenvalue weighted by Gasteiger charge is 2.37. The summed E-state index contributed by atoms with van der Waals surface area (Å²) in [6, 6.07) is 11.2. The maximum Gasteiger partial charge on any atom is 0.355 e. The second-order valence-corrected chi connectivity index (χ2v) is 27.3. The van der Waals surface area contributed by atoms with Gasteiger partial charge in [-0.15, -0.1) is 21.5 Å². The Hall–Kier alpha value is -2.80. The lowest BCUT2D eigenvalue weighted by Crippen LogP contribution is -2.43. The summed E-state index contributed by atoms with van der Waals surface area (Å²) >= 11 is 2.86. The molecule has 1 unspecified atom stereocenters. The largest absolute Gasteiger partial charge is 0.476 e. The second-order valence-electron chi connectivity index (χ2n) is 15.0. The first-order valence-corrected chi connectivity index (χ1v) is 25.0. The molecule has 0 fully saturated rings. The van der Waals surface area contributed by atoms with Gasteiger partial charge >= 0.3 is 5.97 Å². The minimum atomic E-state index is -1.92. The summed E-state index contributed by atoms with van der Waals surface area (Å²) in [5.74, 6) is 0.0222. The van der Waals surface area contributed by atoms with Crippen molar-refractivity contribution in [3.63, 3.8) is 0 Å². The number of carbonyl (C=O) groups is 1. The summed E-state index contributed by atoms with van der Waals surface area (Å²) in [6.45, 7) is 22.4. The van der Waals surface area contributed by atoms with Crippen LogP contribution < -0.4 is 9.70 Å². The molecule has 0 spiro atoms. The zero-order valence-corrected chi connectivity index (χ0v) is 34.2. The number of carboxylic acid groups (broad SMARTS) is 1. The van der Waals surface area contributed by atoms with E-state index in [2.05, 4.69) is 85.4 Å². The maximum atomic E-state index is 11.7. The fourth-order valence-corrected chi connectivity index (χ4v) is 8.27. The Balaban J connectivity index is 1.58. The van der Waals surface area contributed by atoms with Crippen LogP contribution in [0.3, 0.4) is 0 Å². The highest BCUT2D eigenvalue weighted by molar-refractivity contribution is 7.16. The van der Waals surface area contributed by atoms with Gasteiger partial charge in [0.05, 0.1) is 22.9 Å². The third kappa shape index (κ3) is 10.6. The molecule has 3 heterocycles. The molecule has 1 atom stereocenters. The number of hydrogen-bond donors (Lipinski definition) is 1. The van der Waals surface area contributed by atoms with Gasteiger partial charge in [-0.25, -0.2) is 9.78 Å². The van der Waals surface area contributed by atoms with Crippen molar-refractivity contribution >= 4 is 72.0 Å². The van der Waals surface area contributed by atoms with Crippen LogP contribution in [0.15, 0.2) is 40.7 Å². The molecule has 4 rings (SSSR count). The van der Waals surface area contributed by atoms with Crippen LogP contribution in [0.25, 0.3) is 10.2 Å². The predicted octanol–water partition coefficient (Wildman–Crippen LogP) is 8.46. The van der Waals surface area contributed by atoms with Crippen molar-refractivity contribution in [3.8, 4) is 0 Å². The molecule has 268 valence electrons. The van der Waals surface area contributed by atoms with Crippen molar-refractivity contribution in [2.24, 2.45) is 4.99 Å². The van der Waals surface area contributed by atoms with Crippen LogP contribution in [0.4, 0.5) is 16.8 Å². The topological polar surface area (TPSA) is 124 Å². The molecular weight excluding hydrogens is 693 g/mol. The van der Waals surface area contributed by atoms with Crippen LogP contribution in [-0.2, 0) is 20.6 Å². The number of hydrogen-bond acceptors (Lipinski definition) is 11. The van der Waals surface area contributed by atoms with E-state index >= 15 is 0 Å². The Bertz CT molecular complexity index is 1780. The van der Waals surface area contributed by atoms with E-state index in [1.54, 1.807) is 23.8 Å². The first-order valence-electron chi connectivity index (χ1n) is 16.7. The SMILES string of the molecule is COC(CCCN(c1cc(C)c(/N=c2\sc3ccccc3n2COCC[Si](C)(C)C)nn1)c1nc(C(=O)O)cs1)CO[Si](C)(C)C(C)(C)C. The number of nitrogens with zero attached hydrogens (tertiary/aromatic N) is 6. The summed E-state index contributed by atoms with van der Waals surface area (Å²) in [5.41, 5.74) is 1.90. The number of aromatic carboxylic acids is 1. The van der Waals surface area contributed by atoms with Crippen molar-refractivity contribution in [1.29, 1.82) is 0 Å². The molecule has 15 heteroatoms. The van der Waals surface area contributed by atoms with Crippen molar-refractivity contribution in [3.05, 3.63) is 51.8 Å². The van der Waals surface area contributed by atoms with Crippen LogP contribution in [-0.4, -0.2) is 80.2 Å². The number of anilines is 2. The summed E-state index contributed by atoms with van der Waals surface area (Å²) in [7, 11) is -1.41. The average Bonchev–Trinajstić information content (AvgIpc) is 3.64. The summed E-state index contributed by atoms with van der Waals surface area (Å²) in [4.78, 5) is 23.7. The molecule has 4 aromatic rings. The van der Waals surface area contributed by atoms with Crippen LogP contribution in [0.2, 0.25) is 43.8 Å². The Kier molecular flexibility index (Phi) is 13.1. The molecule has 0 saturated heterocycles. The lowest BCUT2D eigenvalue weighted by atomic mass is 10.2. The minimum Gasteiger partial charge on any atom is -0.476 e. The minimum absolute atomic E-state index is 0.000202. The highest BCUT2D eigenvalue weighted by atomic mass is 32.1. The van der Waals surface area contributed by atoms with Crippen molar-refractivity contribution < 1.29 is 23.8 Å². The number of methoxy groups -OCH3 is 1. The number of carboxylic acids is 1. The highest BCUT2D eigenvalue weighted by Crippen LogP contribution is 2.37. The molecule has 49 heavy (non-hydrogen) atoms. The first kappa shape index (κ1) is 39.0. The standard InChI is InChI=1S/C34H52N6O5S2Si2/c1-24-20-29(37-38-30(24)36-33-40(23-44-18-19-48(6,7)8)27-15-11-12-16-28(27)47-33)39(32-35-26(22-46-32)31(41)42)17-13-14-25(43-5)21-45-49(9,10)34(2,3)4/h11-12,15-16,20,22,25H,13-14,17-19,21,23H2,1-10H3,(H,41,42)/b36-33-. The van der Waals surface area contributed by atoms with E-state index in [9.17, 15) is 9.90 Å². The summed E-state index contributed by atoms with van der Waals surface area (Å²) in [5, 5.41) is 20.9. The second kappa shape index (κ2) is 16.5. The lowest BCUT2D eigenvalue weighted by molar-refractivity contribution is 0.0463. The van der Waals surface area contributed by atoms with Crippen molar-refractivity contribution in [1.82, 2.24) is 19.7 Å². The number of fused-ring (bicyclic) bond motifs is 1. The van der Waals surface area contributed by atoms with Gasteiger partial charge < -0.3 is 23.9 Å². The molecule has 0 aliphatic rings. The third-order valence-corrected chi connectivity index (χ3v) is 17.0. The van der Waals surface area contributed by atoms with Gasteiger partial charge in [0.25, 0.3) is 0 Å². The molecule has 0 amide bonds. The maximum absolute atomic E-state index is 11.7. The number of aryl methyl sites for hydroxylation is 1. The van der Waals surface area contributed by atoms with E-state index < -0.39 is 22.4 Å². The average molecular weight is 745 g/mol. The number of thiazole rings is 2. The van der Waals surface area contributed by atoms with Gasteiger partial charge in [-0.2, -0.15) is 4.99 Å². The van der Waals surface area contributed by atoms with Gasteiger partial charge in [0.2, 0.25) is 0 Å². The van der Waals surface area contributed by atoms with Gasteiger partial charge in [0, 0.05) is 33.7 Å². The Morgan fingerprint density at radius 1 is 1.14 bits per heavy atom. The molecule has 0 bridgehead atoms. The van der Waals surface area contributed by atoms with Crippen molar-refractivity contribution in [2.45, 2.75) is 97.2 Å². The summed E-state index contributed by atoms with van der Waals surface area (Å²) in [6.07, 6.45) is 1.43. The van der Waals surface area contributed by atoms with Gasteiger partial charge in [-0.05, 0) is 67.7 Å². The Labute approximate surface area is 300 Å². The molecule has 3 aromatic heterocycles. The Morgan fingerprint density at radius 3 is 2.51 bits per heavy atom. The van der Waals surface area contributed by atoms with E-state index in [0.717, 1.165) is 39.5 Å². The van der Waals surface area contributed by atoms with Gasteiger partial charge in [-0.3, -0.25) is 4.57 Å².